The van der Waals surface area contributed by atoms with Crippen LogP contribution in [-0.2, 0) is 18.3 Å². The SMILES string of the molecule is CCCCCCCCCCCCc1c2cc(-c3sc4c(sc5c6cc7c(=O)c8c9sc(C(C)(C)c%10ccccc%10)c(C(CCCCCCC)CCCCCCCCC)c9sc8c7cc6c(=O)c45)c3C(CCCCCCC)CCCCCCCCC)sc2c(CCCCCCCCCCCC)c2cc(-c3ccccc3)sc12. The average Bonchev–Trinajstić information content (AvgIpc) is 1.53. The predicted octanol–water partition coefficient (Wildman–Crippen LogP) is 36.6. The quantitative estimate of drug-likeness (QED) is 0.0356. The molecule has 0 fully saturated rings. The fraction of sp³-hybridized carbons (Fsp3) is 0.592. The molecule has 0 spiro atoms. The third-order valence-corrected chi connectivity index (χ3v) is 33.9. The van der Waals surface area contributed by atoms with Crippen molar-refractivity contribution in [2.75, 3.05) is 0 Å². The predicted molar refractivity (Wildman–Crippen MR) is 507 cm³/mol. The minimum Gasteiger partial charge on any atom is -0.288 e. The van der Waals surface area contributed by atoms with E-state index in [0.717, 1.165) is 54.6 Å². The van der Waals surface area contributed by atoms with Crippen molar-refractivity contribution in [1.82, 2.24) is 0 Å². The van der Waals surface area contributed by atoms with Gasteiger partial charge in [0.15, 0.2) is 10.9 Å². The van der Waals surface area contributed by atoms with E-state index in [9.17, 15) is 0 Å². The van der Waals surface area contributed by atoms with Crippen LogP contribution in [0.25, 0.3) is 101 Å². The van der Waals surface area contributed by atoms with Gasteiger partial charge in [0.1, 0.15) is 0 Å². The molecule has 6 aromatic carbocycles. The number of hydrogen-bond acceptors (Lipinski definition) is 8. The number of thiophene rings is 6. The van der Waals surface area contributed by atoms with Crippen LogP contribution in [-0.4, -0.2) is 0 Å². The van der Waals surface area contributed by atoms with E-state index in [1.165, 1.54) is 383 Å². The molecule has 8 heteroatoms. The molecular weight excluding hydrogens is 1460 g/mol. The Labute approximate surface area is 694 Å². The van der Waals surface area contributed by atoms with Crippen molar-refractivity contribution < 1.29 is 0 Å². The number of benzene rings is 4. The molecule has 2 unspecified atom stereocenters. The highest BCUT2D eigenvalue weighted by Crippen LogP contribution is 2.58. The van der Waals surface area contributed by atoms with Gasteiger partial charge in [0.05, 0.1) is 29.6 Å². The van der Waals surface area contributed by atoms with Gasteiger partial charge in [-0.25, -0.2) is 0 Å². The van der Waals surface area contributed by atoms with Crippen LogP contribution in [0.2, 0.25) is 0 Å². The Morgan fingerprint density at radius 1 is 0.288 bits per heavy atom. The van der Waals surface area contributed by atoms with Crippen LogP contribution < -0.4 is 10.9 Å². The van der Waals surface area contributed by atoms with Gasteiger partial charge in [-0.15, -0.1) is 68.0 Å². The van der Waals surface area contributed by atoms with Gasteiger partial charge in [0.2, 0.25) is 0 Å². The molecule has 0 N–H and O–H groups in total. The van der Waals surface area contributed by atoms with Gasteiger partial charge in [-0.2, -0.15) is 0 Å². The van der Waals surface area contributed by atoms with E-state index in [1.54, 1.807) is 16.7 Å². The molecule has 12 aromatic rings. The lowest BCUT2D eigenvalue weighted by atomic mass is 9.77. The summed E-state index contributed by atoms with van der Waals surface area (Å²) in [5.74, 6) is 0.840. The first-order valence-corrected chi connectivity index (χ1v) is 51.0. The molecule has 2 nitrogen and oxygen atoms in total. The minimum atomic E-state index is -0.232. The first kappa shape index (κ1) is 85.8. The van der Waals surface area contributed by atoms with E-state index >= 15 is 9.59 Å². The highest BCUT2D eigenvalue weighted by molar-refractivity contribution is 7.36. The Morgan fingerprint density at radius 2 is 0.622 bits per heavy atom. The molecule has 0 saturated carbocycles. The van der Waals surface area contributed by atoms with Crippen LogP contribution in [0.5, 0.6) is 0 Å². The molecule has 0 bridgehead atoms. The van der Waals surface area contributed by atoms with E-state index in [2.05, 4.69) is 163 Å². The highest BCUT2D eigenvalue weighted by atomic mass is 32.1. The fourth-order valence-corrected chi connectivity index (χ4v) is 28.0. The van der Waals surface area contributed by atoms with E-state index in [1.807, 2.05) is 45.3 Å². The Hall–Kier alpha value is -4.54. The van der Waals surface area contributed by atoms with Crippen molar-refractivity contribution in [2.24, 2.45) is 0 Å². The van der Waals surface area contributed by atoms with Gasteiger partial charge >= 0.3 is 0 Å². The summed E-state index contributed by atoms with van der Waals surface area (Å²) < 4.78 is 10.4. The second-order valence-electron chi connectivity index (χ2n) is 34.7. The van der Waals surface area contributed by atoms with Crippen molar-refractivity contribution in [1.29, 1.82) is 0 Å². The van der Waals surface area contributed by atoms with Gasteiger partial charge in [0, 0.05) is 65.3 Å². The van der Waals surface area contributed by atoms with Gasteiger partial charge in [-0.05, 0) is 132 Å². The number of hydrogen-bond donors (Lipinski definition) is 0. The number of aryl methyl sites for hydroxylation is 2. The number of fused-ring (bicyclic) bond motifs is 12. The lowest BCUT2D eigenvalue weighted by Gasteiger charge is -2.29. The molecular formula is C103H140O2S6. The first-order chi connectivity index (χ1) is 54.6. The standard InChI is InChI=1S/C103H140O2S6/c1-9-15-21-27-31-33-35-39-45-57-67-77-83-71-85(73-59-53-47-54-60-73)106-93(83)78(68-58-46-40-36-34-32-28-22-16-10-2)84-72-86(107-94(77)84)97-87(74(61-49-41-25-19-13-5)62-51-43-37-29-23-17-11-3)98-100(110-97)89-91(104)79-69-82-80(70-81(79)95(89)108-98)92(105)90-96(82)109-99-88(102(111-101(90)99)103(7,8)76-65-55-48-56-66-76)75(63-50-42-26-20-14-6)64-52-44-38-30-24-18-12-4/h47-48,53-56,59-60,65-66,69-72,74-75H,9-46,49-52,57-58,61-64,67-68H2,1-8H3. The van der Waals surface area contributed by atoms with Crippen LogP contribution in [0.1, 0.15) is 408 Å². The molecule has 12 rings (SSSR count). The summed E-state index contributed by atoms with van der Waals surface area (Å²) in [4.78, 5) is 37.8. The summed E-state index contributed by atoms with van der Waals surface area (Å²) in [6.45, 7) is 18.9. The Kier molecular flexibility index (Phi) is 34.1. The Balaban J connectivity index is 1.00. The maximum atomic E-state index is 16.2. The maximum absolute atomic E-state index is 16.2. The third kappa shape index (κ3) is 21.1. The second-order valence-corrected chi connectivity index (χ2v) is 40.9. The number of rotatable bonds is 56. The van der Waals surface area contributed by atoms with E-state index < -0.39 is 0 Å². The zero-order valence-corrected chi connectivity index (χ0v) is 75.3. The number of unbranched alkanes of at least 4 members (excludes halogenated alkanes) is 38. The molecule has 0 aliphatic heterocycles. The third-order valence-electron chi connectivity index (χ3n) is 25.7. The summed E-state index contributed by atoms with van der Waals surface area (Å²) in [6.07, 6.45) is 64.9. The molecule has 6 heterocycles. The lowest BCUT2D eigenvalue weighted by Crippen LogP contribution is -2.20. The smallest absolute Gasteiger partial charge is 0.196 e. The normalized spacial score (nSPS) is 13.0. The van der Waals surface area contributed by atoms with Crippen molar-refractivity contribution in [3.05, 3.63) is 138 Å². The van der Waals surface area contributed by atoms with Crippen molar-refractivity contribution in [3.8, 4) is 20.2 Å². The van der Waals surface area contributed by atoms with E-state index in [4.69, 9.17) is 0 Å². The van der Waals surface area contributed by atoms with Gasteiger partial charge < -0.3 is 0 Å². The van der Waals surface area contributed by atoms with Crippen molar-refractivity contribution >= 4 is 149 Å². The average molecular weight is 1600 g/mol. The molecule has 0 saturated heterocycles. The summed E-state index contributed by atoms with van der Waals surface area (Å²) in [5, 5.41) is 8.46. The summed E-state index contributed by atoms with van der Waals surface area (Å²) in [7, 11) is 0. The van der Waals surface area contributed by atoms with Crippen LogP contribution in [0.3, 0.4) is 0 Å². The Morgan fingerprint density at radius 3 is 1.03 bits per heavy atom. The molecule has 600 valence electrons. The van der Waals surface area contributed by atoms with Gasteiger partial charge in [-0.3, -0.25) is 9.59 Å². The summed E-state index contributed by atoms with van der Waals surface area (Å²) >= 11 is 11.9. The molecule has 111 heavy (non-hydrogen) atoms. The fourth-order valence-electron chi connectivity index (χ4n) is 19.1. The molecule has 0 amide bonds. The lowest BCUT2D eigenvalue weighted by molar-refractivity contribution is 0.483. The highest BCUT2D eigenvalue weighted by Gasteiger charge is 2.36. The maximum Gasteiger partial charge on any atom is 0.196 e. The Bertz CT molecular complexity index is 4790. The van der Waals surface area contributed by atoms with Crippen LogP contribution in [0.15, 0.2) is 94.5 Å². The monoisotopic (exact) mass is 1600 g/mol. The molecule has 0 radical (unpaired) electrons. The molecule has 6 aromatic heterocycles. The van der Waals surface area contributed by atoms with Crippen LogP contribution >= 0.6 is 68.0 Å². The van der Waals surface area contributed by atoms with Crippen LogP contribution in [0, 0.1) is 0 Å². The van der Waals surface area contributed by atoms with Gasteiger partial charge in [-0.1, -0.05) is 386 Å². The van der Waals surface area contributed by atoms with Crippen LogP contribution in [0.4, 0.5) is 0 Å². The zero-order chi connectivity index (χ0) is 77.3. The minimum absolute atomic E-state index is 0.162. The largest absolute Gasteiger partial charge is 0.288 e. The van der Waals surface area contributed by atoms with Gasteiger partial charge in [0.25, 0.3) is 0 Å². The second kappa shape index (κ2) is 44.1. The first-order valence-electron chi connectivity index (χ1n) is 46.1. The zero-order valence-electron chi connectivity index (χ0n) is 70.4. The van der Waals surface area contributed by atoms with E-state index in [0.29, 0.717) is 11.8 Å². The van der Waals surface area contributed by atoms with Crippen molar-refractivity contribution in [2.45, 2.75) is 394 Å². The summed E-state index contributed by atoms with van der Waals surface area (Å²) in [5.41, 5.74) is 9.04. The topological polar surface area (TPSA) is 34.1 Å². The molecule has 0 aliphatic rings. The van der Waals surface area contributed by atoms with Crippen molar-refractivity contribution in [3.63, 3.8) is 0 Å². The summed E-state index contributed by atoms with van der Waals surface area (Å²) in [6, 6.07) is 32.3. The van der Waals surface area contributed by atoms with E-state index in [-0.39, 0.29) is 16.3 Å². The molecule has 2 atom stereocenters. The molecule has 0 aliphatic carbocycles.